The predicted molar refractivity (Wildman–Crippen MR) is 247 cm³/mol. The summed E-state index contributed by atoms with van der Waals surface area (Å²) in [7, 11) is 0. The topological polar surface area (TPSA) is 323 Å². The molecule has 2 bridgehead atoms. The van der Waals surface area contributed by atoms with Crippen LogP contribution in [-0.2, 0) is 28.5 Å². The van der Waals surface area contributed by atoms with Crippen molar-refractivity contribution in [1.82, 2.24) is 4.90 Å². The van der Waals surface area contributed by atoms with Crippen LogP contribution in [0, 0.1) is 11.8 Å². The summed E-state index contributed by atoms with van der Waals surface area (Å²) in [6.07, 6.45) is 5.17. The van der Waals surface area contributed by atoms with E-state index in [1.165, 1.54) is 4.90 Å². The molecule has 18 atom stereocenters. The van der Waals surface area contributed by atoms with Crippen molar-refractivity contribution in [3.8, 4) is 0 Å². The molecule has 0 aliphatic carbocycles. The van der Waals surface area contributed by atoms with Gasteiger partial charge in [0, 0.05) is 51.1 Å². The number of likely N-dealkylation sites (tertiary alicyclic amines) is 1. The van der Waals surface area contributed by atoms with Gasteiger partial charge in [0.05, 0.1) is 92.1 Å². The molecule has 3 saturated heterocycles. The van der Waals surface area contributed by atoms with Crippen LogP contribution in [0.2, 0.25) is 0 Å². The maximum atomic E-state index is 14.0. The summed E-state index contributed by atoms with van der Waals surface area (Å²) < 4.78 is 23.3. The van der Waals surface area contributed by atoms with Crippen LogP contribution in [-0.4, -0.2) is 190 Å². The zero-order valence-corrected chi connectivity index (χ0v) is 39.0. The van der Waals surface area contributed by atoms with E-state index in [0.29, 0.717) is 6.42 Å². The van der Waals surface area contributed by atoms with Crippen molar-refractivity contribution in [2.24, 2.45) is 17.6 Å². The van der Waals surface area contributed by atoms with Gasteiger partial charge in [0.2, 0.25) is 5.91 Å². The zero-order valence-electron chi connectivity index (χ0n) is 39.0. The standard InChI is InChI=1S/C49H76N2O17/c1-30-15-13-11-9-7-5-3-4-6-8-10-12-14-16-36(67-48-46(62)45(50)41(60)29-65-48)25-42-44(47(63)51-20-19-33(53)28-51)40(59)27-49(64,68-42)26-35(55)23-39(58)37(56)18-17-32(52)22-34(54)24-43(61)66-31(2)21-38(30)57/h3-16,30-42,44-46,48,52-60,62,64H,17-29,50H2,1-2H3/b4-3+,7-5+,8-6+,11-9+,12-10+,15-13+,16-14+/t30-,31-,32?,33-,34?,35?,36?,37?,38-,39?,40-,41+,42-,44?,45-,46-,48-,49?/m0/s1. The fourth-order valence-electron chi connectivity index (χ4n) is 8.64. The Morgan fingerprint density at radius 3 is 1.91 bits per heavy atom. The minimum absolute atomic E-state index is 0.00990. The molecule has 1 amide bonds. The van der Waals surface area contributed by atoms with Crippen molar-refractivity contribution in [2.75, 3.05) is 19.7 Å². The van der Waals surface area contributed by atoms with Gasteiger partial charge < -0.3 is 85.8 Å². The average Bonchev–Trinajstić information content (AvgIpc) is 3.70. The largest absolute Gasteiger partial charge is 0.462 e. The molecule has 4 rings (SSSR count). The Balaban J connectivity index is 1.58. The molecule has 384 valence electrons. The van der Waals surface area contributed by atoms with Gasteiger partial charge in [-0.1, -0.05) is 92.0 Å². The van der Waals surface area contributed by atoms with Gasteiger partial charge in [0.15, 0.2) is 12.1 Å². The number of carbonyl (C=O) groups is 2. The minimum Gasteiger partial charge on any atom is -0.462 e. The average molecular weight is 965 g/mol. The highest BCUT2D eigenvalue weighted by Gasteiger charge is 2.52. The number of rotatable bonds is 3. The van der Waals surface area contributed by atoms with Crippen LogP contribution in [0.5, 0.6) is 0 Å². The van der Waals surface area contributed by atoms with E-state index in [-0.39, 0.29) is 57.7 Å². The first-order valence-corrected chi connectivity index (χ1v) is 23.6. The lowest BCUT2D eigenvalue weighted by Gasteiger charge is -2.46. The number of aliphatic hydroxyl groups excluding tert-OH is 10. The number of carbonyl (C=O) groups excluding carboxylic acids is 2. The summed E-state index contributed by atoms with van der Waals surface area (Å²) in [6.45, 7) is 3.42. The maximum Gasteiger partial charge on any atom is 0.308 e. The van der Waals surface area contributed by atoms with E-state index in [2.05, 4.69) is 0 Å². The molecule has 4 aliphatic heterocycles. The van der Waals surface area contributed by atoms with Crippen molar-refractivity contribution in [3.63, 3.8) is 0 Å². The van der Waals surface area contributed by atoms with E-state index in [0.717, 1.165) is 0 Å². The molecule has 68 heavy (non-hydrogen) atoms. The van der Waals surface area contributed by atoms with E-state index < -0.39 is 141 Å². The highest BCUT2D eigenvalue weighted by Crippen LogP contribution is 2.39. The van der Waals surface area contributed by atoms with E-state index in [1.807, 2.05) is 37.3 Å². The molecule has 19 nitrogen and oxygen atoms in total. The van der Waals surface area contributed by atoms with Gasteiger partial charge in [0.25, 0.3) is 0 Å². The number of β-amino-alcohol motifs (C(OH)–C–C–N with tert-alkyl or cyclic N) is 1. The van der Waals surface area contributed by atoms with Crippen molar-refractivity contribution < 1.29 is 84.7 Å². The van der Waals surface area contributed by atoms with Gasteiger partial charge in [-0.2, -0.15) is 0 Å². The van der Waals surface area contributed by atoms with Gasteiger partial charge in [0.1, 0.15) is 12.2 Å². The Kier molecular flexibility index (Phi) is 23.8. The molecule has 0 spiro atoms. The Bertz CT molecular complexity index is 1760. The van der Waals surface area contributed by atoms with Crippen LogP contribution >= 0.6 is 0 Å². The summed E-state index contributed by atoms with van der Waals surface area (Å²) in [5, 5.41) is 119. The molecule has 4 heterocycles. The van der Waals surface area contributed by atoms with Crippen LogP contribution in [0.25, 0.3) is 0 Å². The fraction of sp³-hybridized carbons (Fsp3) is 0.673. The molecule has 4 aliphatic rings. The lowest BCUT2D eigenvalue weighted by atomic mass is 9.81. The van der Waals surface area contributed by atoms with Crippen molar-refractivity contribution in [2.45, 2.75) is 176 Å². The monoisotopic (exact) mass is 965 g/mol. The first-order chi connectivity index (χ1) is 32.2. The SMILES string of the molecule is C[C@H]1C[C@H](O)[C@@H](C)/C=C/C=C/C=C/C=C/C=C/C=C/C=C/C(O[C@@H]2OC[C@@H](O)[C@H](N)[C@@H]2O)C[C@@H]2OC(O)(CC(O)CC(O)C(O)CCC(O)CC(O)CC(=O)O1)C[C@H](O)C2C(=O)N1CC[C@H](O)C1. The third-order valence-corrected chi connectivity index (χ3v) is 12.5. The summed E-state index contributed by atoms with van der Waals surface area (Å²) >= 11 is 0. The number of amides is 1. The third-order valence-electron chi connectivity index (χ3n) is 12.5. The highest BCUT2D eigenvalue weighted by atomic mass is 16.7. The minimum atomic E-state index is -2.28. The third kappa shape index (κ3) is 19.0. The summed E-state index contributed by atoms with van der Waals surface area (Å²) in [5.74, 6) is -5.11. The second-order valence-electron chi connectivity index (χ2n) is 18.6. The lowest BCUT2D eigenvalue weighted by Crippen LogP contribution is -2.59. The molecular formula is C49H76N2O17. The molecule has 0 aromatic heterocycles. The van der Waals surface area contributed by atoms with Crippen molar-refractivity contribution in [3.05, 3.63) is 85.1 Å². The second-order valence-corrected chi connectivity index (χ2v) is 18.6. The summed E-state index contributed by atoms with van der Waals surface area (Å²) in [4.78, 5) is 27.9. The normalized spacial score (nSPS) is 44.1. The van der Waals surface area contributed by atoms with Crippen LogP contribution < -0.4 is 5.73 Å². The molecule has 0 aromatic rings. The highest BCUT2D eigenvalue weighted by molar-refractivity contribution is 5.80. The van der Waals surface area contributed by atoms with Gasteiger partial charge in [-0.15, -0.1) is 0 Å². The van der Waals surface area contributed by atoms with Gasteiger partial charge in [-0.05, 0) is 32.6 Å². The van der Waals surface area contributed by atoms with Crippen molar-refractivity contribution in [1.29, 1.82) is 0 Å². The van der Waals surface area contributed by atoms with Gasteiger partial charge in [-0.25, -0.2) is 0 Å². The molecule has 8 unspecified atom stereocenters. The quantitative estimate of drug-likeness (QED) is 0.160. The number of nitrogens with two attached hydrogens (primary N) is 1. The number of allylic oxidation sites excluding steroid dienone is 12. The van der Waals surface area contributed by atoms with Crippen LogP contribution in [0.15, 0.2) is 85.1 Å². The smallest absolute Gasteiger partial charge is 0.308 e. The van der Waals surface area contributed by atoms with Gasteiger partial charge in [-0.3, -0.25) is 9.59 Å². The van der Waals surface area contributed by atoms with Crippen molar-refractivity contribution >= 4 is 11.9 Å². The first-order valence-electron chi connectivity index (χ1n) is 23.6. The van der Waals surface area contributed by atoms with E-state index >= 15 is 0 Å². The number of nitrogens with zero attached hydrogens (tertiary/aromatic N) is 1. The number of fused-ring (bicyclic) bond motifs is 2. The Morgan fingerprint density at radius 2 is 1.29 bits per heavy atom. The number of hydrogen-bond donors (Lipinski definition) is 12. The molecular weight excluding hydrogens is 889 g/mol. The Labute approximate surface area is 398 Å². The molecule has 3 fully saturated rings. The molecule has 19 heteroatoms. The van der Waals surface area contributed by atoms with Crippen LogP contribution in [0.4, 0.5) is 0 Å². The van der Waals surface area contributed by atoms with Crippen LogP contribution in [0.3, 0.4) is 0 Å². The first kappa shape index (κ1) is 57.1. The molecule has 13 N–H and O–H groups in total. The lowest BCUT2D eigenvalue weighted by molar-refractivity contribution is -0.305. The van der Waals surface area contributed by atoms with Gasteiger partial charge >= 0.3 is 5.97 Å². The van der Waals surface area contributed by atoms with E-state index in [1.54, 1.807) is 61.6 Å². The molecule has 0 aromatic carbocycles. The predicted octanol–water partition coefficient (Wildman–Crippen LogP) is -0.414. The number of aliphatic hydroxyl groups is 11. The second kappa shape index (κ2) is 28.4. The number of cyclic esters (lactones) is 1. The van der Waals surface area contributed by atoms with E-state index in [9.17, 15) is 65.8 Å². The van der Waals surface area contributed by atoms with E-state index in [4.69, 9.17) is 24.7 Å². The maximum absolute atomic E-state index is 14.0. The number of ether oxygens (including phenoxy) is 4. The number of esters is 1. The molecule has 0 saturated carbocycles. The zero-order chi connectivity index (χ0) is 50.0. The number of hydrogen-bond acceptors (Lipinski definition) is 18. The fourth-order valence-corrected chi connectivity index (χ4v) is 8.64. The Hall–Kier alpha value is -3.48. The summed E-state index contributed by atoms with van der Waals surface area (Å²) in [6, 6.07) is -1.12. The Morgan fingerprint density at radius 1 is 0.676 bits per heavy atom. The molecule has 0 radical (unpaired) electrons. The van der Waals surface area contributed by atoms with Crippen LogP contribution in [0.1, 0.15) is 78.1 Å². The summed E-state index contributed by atoms with van der Waals surface area (Å²) in [5.41, 5.74) is 6.01.